The summed E-state index contributed by atoms with van der Waals surface area (Å²) in [4.78, 5) is 14.0. The van der Waals surface area contributed by atoms with Crippen molar-refractivity contribution in [2.75, 3.05) is 13.1 Å². The third kappa shape index (κ3) is 3.90. The molecule has 21 heavy (non-hydrogen) atoms. The van der Waals surface area contributed by atoms with Crippen LogP contribution in [0, 0.1) is 5.41 Å². The Balaban J connectivity index is 2.32. The summed E-state index contributed by atoms with van der Waals surface area (Å²) in [5.41, 5.74) is 0.359. The lowest BCUT2D eigenvalue weighted by molar-refractivity contribution is 0.0583. The second-order valence-electron chi connectivity index (χ2n) is 6.08. The normalized spacial score (nSPS) is 18.6. The Morgan fingerprint density at radius 3 is 2.57 bits per heavy atom. The highest BCUT2D eigenvalue weighted by Gasteiger charge is 2.30. The maximum Gasteiger partial charge on any atom is 0.262 e. The molecule has 1 heterocycles. The highest BCUT2D eigenvalue weighted by Crippen LogP contribution is 2.30. The maximum absolute atomic E-state index is 12.5. The summed E-state index contributed by atoms with van der Waals surface area (Å²) in [6.07, 6.45) is 2.01. The molecule has 1 amide bonds. The molecule has 0 bridgehead atoms. The summed E-state index contributed by atoms with van der Waals surface area (Å²) in [5, 5.41) is 0.0144. The summed E-state index contributed by atoms with van der Waals surface area (Å²) < 4.78 is 22.9. The number of halogens is 2. The predicted octanol–water partition coefficient (Wildman–Crippen LogP) is 3.53. The fourth-order valence-corrected chi connectivity index (χ4v) is 4.09. The quantitative estimate of drug-likeness (QED) is 0.767. The summed E-state index contributed by atoms with van der Waals surface area (Å²) >= 11 is 5.83. The van der Waals surface area contributed by atoms with E-state index in [2.05, 4.69) is 13.8 Å². The van der Waals surface area contributed by atoms with Crippen LogP contribution in [0.3, 0.4) is 0 Å². The van der Waals surface area contributed by atoms with Gasteiger partial charge in [0.05, 0.1) is 5.02 Å². The van der Waals surface area contributed by atoms with E-state index in [-0.39, 0.29) is 26.8 Å². The zero-order valence-electron chi connectivity index (χ0n) is 11.9. The van der Waals surface area contributed by atoms with Gasteiger partial charge in [-0.15, -0.1) is 0 Å². The van der Waals surface area contributed by atoms with Gasteiger partial charge in [0.15, 0.2) is 0 Å². The fraction of sp³-hybridized carbons (Fsp3) is 0.500. The highest BCUT2D eigenvalue weighted by molar-refractivity contribution is 8.13. The van der Waals surface area contributed by atoms with E-state index in [1.807, 2.05) is 0 Å². The molecule has 0 N–H and O–H groups in total. The number of rotatable bonds is 2. The molecule has 7 heteroatoms. The summed E-state index contributed by atoms with van der Waals surface area (Å²) in [5.74, 6) is -0.194. The first-order valence-electron chi connectivity index (χ1n) is 6.64. The number of likely N-dealkylation sites (tertiary alicyclic amines) is 1. The van der Waals surface area contributed by atoms with E-state index in [4.69, 9.17) is 22.3 Å². The lowest BCUT2D eigenvalue weighted by atomic mass is 9.84. The van der Waals surface area contributed by atoms with E-state index in [0.717, 1.165) is 12.8 Å². The van der Waals surface area contributed by atoms with Crippen LogP contribution in [-0.2, 0) is 9.05 Å². The maximum atomic E-state index is 12.5. The first-order valence-corrected chi connectivity index (χ1v) is 9.32. The van der Waals surface area contributed by atoms with Crippen molar-refractivity contribution in [3.8, 4) is 0 Å². The first-order chi connectivity index (χ1) is 9.60. The molecule has 0 saturated carbocycles. The third-order valence-electron chi connectivity index (χ3n) is 3.63. The van der Waals surface area contributed by atoms with Crippen LogP contribution in [0.4, 0.5) is 0 Å². The minimum Gasteiger partial charge on any atom is -0.338 e. The van der Waals surface area contributed by atoms with Crippen LogP contribution in [0.5, 0.6) is 0 Å². The average molecular weight is 350 g/mol. The Hall–Kier alpha value is -0.780. The molecular weight excluding hydrogens is 333 g/mol. The van der Waals surface area contributed by atoms with Crippen LogP contribution in [0.25, 0.3) is 0 Å². The second-order valence-corrected chi connectivity index (χ2v) is 9.02. The molecule has 116 valence electrons. The van der Waals surface area contributed by atoms with E-state index in [9.17, 15) is 13.2 Å². The number of carbonyl (C=O) groups excluding carboxylic acids is 1. The fourth-order valence-electron chi connectivity index (χ4n) is 2.60. The number of nitrogens with zero attached hydrogens (tertiary/aromatic N) is 1. The van der Waals surface area contributed by atoms with Crippen molar-refractivity contribution in [2.24, 2.45) is 5.41 Å². The van der Waals surface area contributed by atoms with Gasteiger partial charge in [-0.05, 0) is 36.5 Å². The van der Waals surface area contributed by atoms with Gasteiger partial charge in [-0.3, -0.25) is 4.79 Å². The van der Waals surface area contributed by atoms with Crippen LogP contribution in [0.15, 0.2) is 23.1 Å². The number of benzene rings is 1. The van der Waals surface area contributed by atoms with Crippen molar-refractivity contribution in [1.82, 2.24) is 4.90 Å². The zero-order chi connectivity index (χ0) is 15.8. The van der Waals surface area contributed by atoms with Crippen LogP contribution >= 0.6 is 22.3 Å². The van der Waals surface area contributed by atoms with Gasteiger partial charge >= 0.3 is 0 Å². The van der Waals surface area contributed by atoms with Crippen molar-refractivity contribution in [3.63, 3.8) is 0 Å². The molecular formula is C14H17Cl2NO3S. The molecule has 1 aromatic carbocycles. The van der Waals surface area contributed by atoms with E-state index >= 15 is 0 Å². The predicted molar refractivity (Wildman–Crippen MR) is 83.4 cm³/mol. The van der Waals surface area contributed by atoms with Gasteiger partial charge in [0.25, 0.3) is 15.0 Å². The second kappa shape index (κ2) is 5.78. The number of hydrogen-bond donors (Lipinski definition) is 0. The third-order valence-corrected chi connectivity index (χ3v) is 5.43. The molecule has 0 atom stereocenters. The summed E-state index contributed by atoms with van der Waals surface area (Å²) in [7, 11) is 1.36. The minimum absolute atomic E-state index is 0.0144. The lowest BCUT2D eigenvalue weighted by Crippen LogP contribution is -2.43. The van der Waals surface area contributed by atoms with E-state index in [0.29, 0.717) is 13.1 Å². The Bertz CT molecular complexity index is 671. The Labute approximate surface area is 134 Å². The Morgan fingerprint density at radius 1 is 1.33 bits per heavy atom. The number of hydrogen-bond acceptors (Lipinski definition) is 3. The van der Waals surface area contributed by atoms with Crippen LogP contribution in [-0.4, -0.2) is 32.3 Å². The topological polar surface area (TPSA) is 54.5 Å². The average Bonchev–Trinajstić information content (AvgIpc) is 2.36. The SMILES string of the molecule is CC1(C)CCCN(C(=O)c2ccc(Cl)c(S(=O)(=O)Cl)c2)C1. The summed E-state index contributed by atoms with van der Waals surface area (Å²) in [6.45, 7) is 5.55. The monoisotopic (exact) mass is 349 g/mol. The summed E-state index contributed by atoms with van der Waals surface area (Å²) in [6, 6.07) is 4.16. The molecule has 1 aliphatic heterocycles. The molecule has 1 saturated heterocycles. The van der Waals surface area contributed by atoms with Gasteiger partial charge in [-0.2, -0.15) is 0 Å². The Kier molecular flexibility index (Phi) is 4.57. The molecule has 4 nitrogen and oxygen atoms in total. The molecule has 1 aromatic rings. The van der Waals surface area contributed by atoms with Crippen LogP contribution in [0.2, 0.25) is 5.02 Å². The van der Waals surface area contributed by atoms with E-state index in [1.54, 1.807) is 4.90 Å². The van der Waals surface area contributed by atoms with Crippen molar-refractivity contribution in [1.29, 1.82) is 0 Å². The van der Waals surface area contributed by atoms with Crippen molar-refractivity contribution in [3.05, 3.63) is 28.8 Å². The highest BCUT2D eigenvalue weighted by atomic mass is 35.7. The van der Waals surface area contributed by atoms with E-state index < -0.39 is 9.05 Å². The largest absolute Gasteiger partial charge is 0.338 e. The van der Waals surface area contributed by atoms with Crippen molar-refractivity contribution < 1.29 is 13.2 Å². The van der Waals surface area contributed by atoms with Crippen LogP contribution < -0.4 is 0 Å². The standard InChI is InChI=1S/C14H17Cl2NO3S/c1-14(2)6-3-7-17(9-14)13(18)10-4-5-11(15)12(8-10)21(16,19)20/h4-5,8H,3,6-7,9H2,1-2H3. The molecule has 0 spiro atoms. The molecule has 1 aliphatic rings. The zero-order valence-corrected chi connectivity index (χ0v) is 14.2. The minimum atomic E-state index is -3.97. The molecule has 0 radical (unpaired) electrons. The van der Waals surface area contributed by atoms with Gasteiger partial charge in [0.1, 0.15) is 4.90 Å². The lowest BCUT2D eigenvalue weighted by Gasteiger charge is -2.38. The van der Waals surface area contributed by atoms with Gasteiger partial charge in [0.2, 0.25) is 0 Å². The van der Waals surface area contributed by atoms with E-state index in [1.165, 1.54) is 18.2 Å². The van der Waals surface area contributed by atoms with Crippen LogP contribution in [0.1, 0.15) is 37.0 Å². The van der Waals surface area contributed by atoms with Gasteiger partial charge < -0.3 is 4.90 Å². The number of piperidine rings is 1. The molecule has 2 rings (SSSR count). The molecule has 0 aromatic heterocycles. The number of carbonyl (C=O) groups is 1. The van der Waals surface area contributed by atoms with Crippen molar-refractivity contribution >= 4 is 37.2 Å². The molecule has 1 fully saturated rings. The molecule has 0 unspecified atom stereocenters. The number of amides is 1. The molecule has 0 aliphatic carbocycles. The van der Waals surface area contributed by atoms with Gasteiger partial charge in [0, 0.05) is 29.3 Å². The Morgan fingerprint density at radius 2 is 2.00 bits per heavy atom. The first kappa shape index (κ1) is 16.6. The van der Waals surface area contributed by atoms with Gasteiger partial charge in [-0.1, -0.05) is 25.4 Å². The smallest absolute Gasteiger partial charge is 0.262 e. The van der Waals surface area contributed by atoms with Crippen molar-refractivity contribution in [2.45, 2.75) is 31.6 Å². The van der Waals surface area contributed by atoms with Gasteiger partial charge in [-0.25, -0.2) is 8.42 Å².